The van der Waals surface area contributed by atoms with Crippen LogP contribution in [0.3, 0.4) is 0 Å². The third-order valence-corrected chi connectivity index (χ3v) is 4.54. The molecule has 0 saturated carbocycles. The Morgan fingerprint density at radius 1 is 1.61 bits per heavy atom. The van der Waals surface area contributed by atoms with Crippen molar-refractivity contribution in [3.05, 3.63) is 28.0 Å². The van der Waals surface area contributed by atoms with Crippen LogP contribution in [0.5, 0.6) is 0 Å². The Balaban J connectivity index is 2.73. The highest BCUT2D eigenvalue weighted by atomic mass is 32.2. The van der Waals surface area contributed by atoms with E-state index in [4.69, 9.17) is 5.11 Å². The number of hydrogen-bond acceptors (Lipinski definition) is 4. The lowest BCUT2D eigenvalue weighted by Crippen LogP contribution is -2.35. The van der Waals surface area contributed by atoms with E-state index in [1.54, 1.807) is 11.4 Å². The van der Waals surface area contributed by atoms with Crippen molar-refractivity contribution >= 4 is 33.6 Å². The number of carboxylic acids is 1. The van der Waals surface area contributed by atoms with E-state index in [2.05, 4.69) is 4.72 Å². The van der Waals surface area contributed by atoms with Crippen molar-refractivity contribution in [3.63, 3.8) is 0 Å². The highest BCUT2D eigenvalue weighted by Gasteiger charge is 2.15. The molecule has 0 radical (unpaired) electrons. The van der Waals surface area contributed by atoms with Crippen LogP contribution in [0.25, 0.3) is 6.08 Å². The molecule has 1 aromatic rings. The van der Waals surface area contributed by atoms with Crippen molar-refractivity contribution < 1.29 is 18.3 Å². The van der Waals surface area contributed by atoms with Gasteiger partial charge in [0.2, 0.25) is 0 Å². The fourth-order valence-electron chi connectivity index (χ4n) is 1.20. The molecular formula is C10H14N2O4S2. The Labute approximate surface area is 110 Å². The van der Waals surface area contributed by atoms with Gasteiger partial charge in [0.1, 0.15) is 0 Å². The number of nitrogens with zero attached hydrogens (tertiary/aromatic N) is 1. The van der Waals surface area contributed by atoms with Gasteiger partial charge in [-0.3, -0.25) is 0 Å². The number of carbonyl (C=O) groups is 1. The molecule has 0 aliphatic carbocycles. The maximum atomic E-state index is 11.5. The summed E-state index contributed by atoms with van der Waals surface area (Å²) in [6.07, 6.45) is 2.51. The lowest BCUT2D eigenvalue weighted by Gasteiger charge is -2.14. The van der Waals surface area contributed by atoms with Gasteiger partial charge in [-0.2, -0.15) is 12.7 Å². The van der Waals surface area contributed by atoms with E-state index in [0.717, 1.165) is 16.5 Å². The van der Waals surface area contributed by atoms with Gasteiger partial charge in [-0.25, -0.2) is 9.52 Å². The third-order valence-electron chi connectivity index (χ3n) is 2.14. The van der Waals surface area contributed by atoms with Gasteiger partial charge < -0.3 is 5.11 Å². The molecule has 1 rings (SSSR count). The van der Waals surface area contributed by atoms with Gasteiger partial charge in [0.25, 0.3) is 10.2 Å². The van der Waals surface area contributed by atoms with Gasteiger partial charge >= 0.3 is 5.97 Å². The van der Waals surface area contributed by atoms with Gasteiger partial charge in [-0.05, 0) is 23.1 Å². The number of nitrogens with one attached hydrogen (secondary N) is 1. The zero-order valence-corrected chi connectivity index (χ0v) is 11.6. The predicted molar refractivity (Wildman–Crippen MR) is 70.4 cm³/mol. The molecule has 8 heteroatoms. The van der Waals surface area contributed by atoms with Crippen molar-refractivity contribution in [2.75, 3.05) is 14.1 Å². The third kappa shape index (κ3) is 4.22. The quantitative estimate of drug-likeness (QED) is 0.757. The molecule has 1 heterocycles. The molecule has 0 aliphatic rings. The zero-order chi connectivity index (χ0) is 13.8. The number of aliphatic carboxylic acids is 1. The average molecular weight is 290 g/mol. The Morgan fingerprint density at radius 3 is 2.83 bits per heavy atom. The van der Waals surface area contributed by atoms with Crippen LogP contribution in [-0.2, 0) is 21.5 Å². The summed E-state index contributed by atoms with van der Waals surface area (Å²) in [6, 6.07) is 1.76. The molecular weight excluding hydrogens is 276 g/mol. The summed E-state index contributed by atoms with van der Waals surface area (Å²) in [7, 11) is -0.616. The molecule has 0 spiro atoms. The molecule has 0 aliphatic heterocycles. The molecule has 100 valence electrons. The van der Waals surface area contributed by atoms with Crippen LogP contribution in [0.4, 0.5) is 0 Å². The summed E-state index contributed by atoms with van der Waals surface area (Å²) in [6.45, 7) is 0.245. The lowest BCUT2D eigenvalue weighted by atomic mass is 10.3. The first kappa shape index (κ1) is 14.8. The Kier molecular flexibility index (Phi) is 5.03. The van der Waals surface area contributed by atoms with Crippen LogP contribution >= 0.6 is 11.3 Å². The molecule has 0 fully saturated rings. The molecule has 0 aromatic carbocycles. The van der Waals surface area contributed by atoms with E-state index in [1.165, 1.54) is 35.8 Å². The highest BCUT2D eigenvalue weighted by Crippen LogP contribution is 2.18. The van der Waals surface area contributed by atoms with Gasteiger partial charge in [-0.1, -0.05) is 0 Å². The minimum absolute atomic E-state index is 0.245. The maximum Gasteiger partial charge on any atom is 0.328 e. The Bertz CT molecular complexity index is 548. The van der Waals surface area contributed by atoms with Crippen molar-refractivity contribution in [2.45, 2.75) is 6.54 Å². The Morgan fingerprint density at radius 2 is 2.28 bits per heavy atom. The topological polar surface area (TPSA) is 86.7 Å². The summed E-state index contributed by atoms with van der Waals surface area (Å²) >= 11 is 1.38. The Hall–Kier alpha value is -1.22. The number of thiophene rings is 1. The van der Waals surface area contributed by atoms with E-state index in [9.17, 15) is 13.2 Å². The molecule has 0 bridgehead atoms. The minimum Gasteiger partial charge on any atom is -0.478 e. The summed E-state index contributed by atoms with van der Waals surface area (Å²) in [4.78, 5) is 11.2. The van der Waals surface area contributed by atoms with E-state index in [0.29, 0.717) is 0 Å². The second-order valence-electron chi connectivity index (χ2n) is 3.48. The monoisotopic (exact) mass is 290 g/mol. The average Bonchev–Trinajstić information content (AvgIpc) is 2.74. The van der Waals surface area contributed by atoms with Crippen LogP contribution in [0.1, 0.15) is 10.4 Å². The smallest absolute Gasteiger partial charge is 0.328 e. The predicted octanol–water partition coefficient (Wildman–Crippen LogP) is 0.742. The molecule has 2 N–H and O–H groups in total. The standard InChI is InChI=1S/C10H14N2O4S2/c1-11-18(15,16)12(2)6-9-5-8(7-17-9)3-4-10(13)14/h3-5,7,11H,6H2,1-2H3,(H,13,14)/b4-3+. The van der Waals surface area contributed by atoms with E-state index in [1.807, 2.05) is 0 Å². The summed E-state index contributed by atoms with van der Waals surface area (Å²) in [5, 5.41) is 10.3. The molecule has 6 nitrogen and oxygen atoms in total. The molecule has 0 amide bonds. The normalized spacial score (nSPS) is 12.4. The summed E-state index contributed by atoms with van der Waals surface area (Å²) in [5.41, 5.74) is 0.743. The minimum atomic E-state index is -3.43. The molecule has 0 unspecified atom stereocenters. The number of hydrogen-bond donors (Lipinski definition) is 2. The zero-order valence-electron chi connectivity index (χ0n) is 9.95. The van der Waals surface area contributed by atoms with Crippen molar-refractivity contribution in [3.8, 4) is 0 Å². The maximum absolute atomic E-state index is 11.5. The molecule has 0 atom stereocenters. The van der Waals surface area contributed by atoms with E-state index >= 15 is 0 Å². The highest BCUT2D eigenvalue weighted by molar-refractivity contribution is 7.87. The van der Waals surface area contributed by atoms with Gasteiger partial charge in [0, 0.05) is 31.6 Å². The largest absolute Gasteiger partial charge is 0.478 e. The van der Waals surface area contributed by atoms with Crippen molar-refractivity contribution in [1.82, 2.24) is 9.03 Å². The lowest BCUT2D eigenvalue weighted by molar-refractivity contribution is -0.131. The first-order valence-corrected chi connectivity index (χ1v) is 7.30. The van der Waals surface area contributed by atoms with Gasteiger partial charge in [0.05, 0.1) is 0 Å². The van der Waals surface area contributed by atoms with Crippen LogP contribution < -0.4 is 4.72 Å². The second-order valence-corrected chi connectivity index (χ2v) is 6.46. The fraction of sp³-hybridized carbons (Fsp3) is 0.300. The summed E-state index contributed by atoms with van der Waals surface area (Å²) in [5.74, 6) is -1.02. The number of carboxylic acid groups (broad SMARTS) is 1. The van der Waals surface area contributed by atoms with Gasteiger partial charge in [0.15, 0.2) is 0 Å². The number of rotatable bonds is 6. The molecule has 18 heavy (non-hydrogen) atoms. The van der Waals surface area contributed by atoms with Gasteiger partial charge in [-0.15, -0.1) is 11.3 Å². The van der Waals surface area contributed by atoms with Crippen molar-refractivity contribution in [1.29, 1.82) is 0 Å². The van der Waals surface area contributed by atoms with Crippen LogP contribution in [0.15, 0.2) is 17.5 Å². The van der Waals surface area contributed by atoms with E-state index in [-0.39, 0.29) is 6.54 Å². The summed E-state index contributed by atoms with van der Waals surface area (Å²) < 4.78 is 26.3. The SMILES string of the molecule is CNS(=O)(=O)N(C)Cc1cc(/C=C/C(=O)O)cs1. The molecule has 1 aromatic heterocycles. The van der Waals surface area contributed by atoms with Crippen LogP contribution in [-0.4, -0.2) is 37.9 Å². The first-order valence-electron chi connectivity index (χ1n) is 4.98. The fourth-order valence-corrected chi connectivity index (χ4v) is 2.80. The van der Waals surface area contributed by atoms with E-state index < -0.39 is 16.2 Å². The molecule has 0 saturated heterocycles. The van der Waals surface area contributed by atoms with Crippen molar-refractivity contribution in [2.24, 2.45) is 0 Å². The second kappa shape index (κ2) is 6.10. The first-order chi connectivity index (χ1) is 8.35. The van der Waals surface area contributed by atoms with Crippen LogP contribution in [0.2, 0.25) is 0 Å². The van der Waals surface area contributed by atoms with Crippen LogP contribution in [0, 0.1) is 0 Å².